The van der Waals surface area contributed by atoms with Gasteiger partial charge in [-0.05, 0) is 6.07 Å². The Morgan fingerprint density at radius 1 is 1.33 bits per heavy atom. The van der Waals surface area contributed by atoms with Crippen LogP contribution in [-0.4, -0.2) is 19.4 Å². The third-order valence-electron chi connectivity index (χ3n) is 2.13. The zero-order chi connectivity index (χ0) is 10.8. The number of rotatable bonds is 1. The van der Waals surface area contributed by atoms with Crippen molar-refractivity contribution in [3.8, 4) is 5.75 Å². The molecule has 1 heterocycles. The summed E-state index contributed by atoms with van der Waals surface area (Å²) >= 11 is 11.8. The van der Waals surface area contributed by atoms with E-state index in [0.29, 0.717) is 28.8 Å². The fourth-order valence-electron chi connectivity index (χ4n) is 1.47. The molecule has 1 aliphatic rings. The minimum atomic E-state index is 0.481. The number of ether oxygens (including phenoxy) is 1. The molecule has 0 unspecified atom stereocenters. The molecule has 0 fully saturated rings. The van der Waals surface area contributed by atoms with Crippen LogP contribution in [0.3, 0.4) is 0 Å². The summed E-state index contributed by atoms with van der Waals surface area (Å²) in [6, 6.07) is 3.44. The predicted octanol–water partition coefficient (Wildman–Crippen LogP) is 3.13. The smallest absolute Gasteiger partial charge is 0.130 e. The maximum atomic E-state index is 5.93. The average molecular weight is 246 g/mol. The van der Waals surface area contributed by atoms with Crippen LogP contribution >= 0.6 is 23.2 Å². The highest BCUT2D eigenvalue weighted by molar-refractivity contribution is 6.42. The molecule has 0 aromatic heterocycles. The Balaban J connectivity index is 2.52. The number of halogens is 2. The van der Waals surface area contributed by atoms with E-state index in [0.717, 1.165) is 11.3 Å². The van der Waals surface area contributed by atoms with Gasteiger partial charge in [-0.25, -0.2) is 0 Å². The van der Waals surface area contributed by atoms with Gasteiger partial charge in [0.05, 0.1) is 22.4 Å². The van der Waals surface area contributed by atoms with Gasteiger partial charge in [-0.1, -0.05) is 28.4 Å². The number of benzene rings is 1. The molecule has 0 bridgehead atoms. The van der Waals surface area contributed by atoms with Gasteiger partial charge in [0.2, 0.25) is 0 Å². The Kier molecular flexibility index (Phi) is 3.03. The summed E-state index contributed by atoms with van der Waals surface area (Å²) in [6.45, 7) is 0.577. The quantitative estimate of drug-likeness (QED) is 0.712. The molecular weight excluding hydrogens is 237 g/mol. The molecule has 15 heavy (non-hydrogen) atoms. The van der Waals surface area contributed by atoms with Crippen molar-refractivity contribution in [1.82, 2.24) is 0 Å². The van der Waals surface area contributed by atoms with Crippen molar-refractivity contribution in [3.63, 3.8) is 0 Å². The van der Waals surface area contributed by atoms with Gasteiger partial charge in [0.25, 0.3) is 0 Å². The average Bonchev–Trinajstić information content (AvgIpc) is 2.21. The van der Waals surface area contributed by atoms with Crippen LogP contribution in [0.2, 0.25) is 10.0 Å². The van der Waals surface area contributed by atoms with E-state index in [2.05, 4.69) is 5.16 Å². The van der Waals surface area contributed by atoms with E-state index < -0.39 is 0 Å². The lowest BCUT2D eigenvalue weighted by Crippen LogP contribution is -2.16. The Morgan fingerprint density at radius 3 is 2.80 bits per heavy atom. The normalized spacial score (nSPS) is 17.1. The van der Waals surface area contributed by atoms with Crippen LogP contribution < -0.4 is 4.74 Å². The first-order valence-electron chi connectivity index (χ1n) is 4.44. The molecular formula is C10H9Cl2NO2. The van der Waals surface area contributed by atoms with Crippen LogP contribution in [0.25, 0.3) is 0 Å². The molecule has 0 spiro atoms. The Bertz CT molecular complexity index is 418. The molecule has 3 nitrogen and oxygen atoms in total. The van der Waals surface area contributed by atoms with E-state index >= 15 is 0 Å². The molecule has 0 atom stereocenters. The number of hydrogen-bond donors (Lipinski definition) is 0. The molecule has 0 N–H and O–H groups in total. The van der Waals surface area contributed by atoms with Crippen molar-refractivity contribution >= 4 is 28.9 Å². The molecule has 1 aliphatic heterocycles. The van der Waals surface area contributed by atoms with Crippen LogP contribution in [0, 0.1) is 0 Å². The van der Waals surface area contributed by atoms with Gasteiger partial charge in [0.15, 0.2) is 0 Å². The molecule has 2 rings (SSSR count). The topological polar surface area (TPSA) is 30.8 Å². The lowest BCUT2D eigenvalue weighted by atomic mass is 10.0. The number of fused-ring (bicyclic) bond motifs is 1. The van der Waals surface area contributed by atoms with Gasteiger partial charge in [-0.15, -0.1) is 0 Å². The van der Waals surface area contributed by atoms with Gasteiger partial charge < -0.3 is 9.57 Å². The standard InChI is InChI=1S/C10H9Cl2NO2/c1-14-13-9-2-3-15-10-5-8(12)7(11)4-6(9)10/h4-5H,2-3H2,1H3. The summed E-state index contributed by atoms with van der Waals surface area (Å²) in [7, 11) is 1.51. The highest BCUT2D eigenvalue weighted by atomic mass is 35.5. The van der Waals surface area contributed by atoms with E-state index in [1.807, 2.05) is 0 Å². The lowest BCUT2D eigenvalue weighted by molar-refractivity contribution is 0.210. The predicted molar refractivity (Wildman–Crippen MR) is 60.1 cm³/mol. The highest BCUT2D eigenvalue weighted by Crippen LogP contribution is 2.33. The summed E-state index contributed by atoms with van der Waals surface area (Å²) in [6.07, 6.45) is 0.707. The van der Waals surface area contributed by atoms with E-state index in [1.165, 1.54) is 7.11 Å². The van der Waals surface area contributed by atoms with Gasteiger partial charge in [0, 0.05) is 18.1 Å². The monoisotopic (exact) mass is 245 g/mol. The van der Waals surface area contributed by atoms with Crippen molar-refractivity contribution in [2.75, 3.05) is 13.7 Å². The first kappa shape index (κ1) is 10.6. The zero-order valence-electron chi connectivity index (χ0n) is 8.09. The van der Waals surface area contributed by atoms with Gasteiger partial charge in [0.1, 0.15) is 12.9 Å². The van der Waals surface area contributed by atoms with Crippen LogP contribution in [-0.2, 0) is 4.84 Å². The largest absolute Gasteiger partial charge is 0.492 e. The first-order valence-corrected chi connectivity index (χ1v) is 5.20. The summed E-state index contributed by atoms with van der Waals surface area (Å²) < 4.78 is 5.46. The molecule has 0 saturated carbocycles. The third kappa shape index (κ3) is 2.03. The van der Waals surface area contributed by atoms with Crippen LogP contribution in [0.4, 0.5) is 0 Å². The number of hydrogen-bond acceptors (Lipinski definition) is 3. The number of oxime groups is 1. The second-order valence-electron chi connectivity index (χ2n) is 3.08. The van der Waals surface area contributed by atoms with Gasteiger partial charge >= 0.3 is 0 Å². The van der Waals surface area contributed by atoms with Crippen molar-refractivity contribution in [3.05, 3.63) is 27.7 Å². The maximum Gasteiger partial charge on any atom is 0.130 e. The van der Waals surface area contributed by atoms with Crippen LogP contribution in [0.15, 0.2) is 17.3 Å². The molecule has 5 heteroatoms. The SMILES string of the molecule is CON=C1CCOc2cc(Cl)c(Cl)cc21. The second kappa shape index (κ2) is 4.29. The highest BCUT2D eigenvalue weighted by Gasteiger charge is 2.19. The van der Waals surface area contributed by atoms with Crippen molar-refractivity contribution < 1.29 is 9.57 Å². The van der Waals surface area contributed by atoms with Crippen molar-refractivity contribution in [1.29, 1.82) is 0 Å². The third-order valence-corrected chi connectivity index (χ3v) is 2.85. The number of nitrogens with zero attached hydrogens (tertiary/aromatic N) is 1. The van der Waals surface area contributed by atoms with Crippen LogP contribution in [0.5, 0.6) is 5.75 Å². The second-order valence-corrected chi connectivity index (χ2v) is 3.90. The molecule has 0 saturated heterocycles. The van der Waals surface area contributed by atoms with Crippen LogP contribution in [0.1, 0.15) is 12.0 Å². The Labute approximate surface area is 97.6 Å². The summed E-state index contributed by atoms with van der Waals surface area (Å²) in [5.74, 6) is 0.700. The molecule has 0 radical (unpaired) electrons. The van der Waals surface area contributed by atoms with E-state index in [1.54, 1.807) is 12.1 Å². The zero-order valence-corrected chi connectivity index (χ0v) is 9.60. The molecule has 1 aromatic carbocycles. The van der Waals surface area contributed by atoms with Crippen molar-refractivity contribution in [2.24, 2.45) is 5.16 Å². The molecule has 1 aromatic rings. The Hall–Kier alpha value is -0.930. The lowest BCUT2D eigenvalue weighted by Gasteiger charge is -2.19. The molecule has 0 aliphatic carbocycles. The maximum absolute atomic E-state index is 5.93. The molecule has 0 amide bonds. The summed E-state index contributed by atoms with van der Waals surface area (Å²) in [5, 5.41) is 4.90. The van der Waals surface area contributed by atoms with E-state index in [9.17, 15) is 0 Å². The van der Waals surface area contributed by atoms with E-state index in [-0.39, 0.29) is 0 Å². The molecule has 80 valence electrons. The Morgan fingerprint density at radius 2 is 2.07 bits per heavy atom. The fraction of sp³-hybridized carbons (Fsp3) is 0.300. The summed E-state index contributed by atoms with van der Waals surface area (Å²) in [5.41, 5.74) is 1.68. The minimum absolute atomic E-state index is 0.481. The minimum Gasteiger partial charge on any atom is -0.492 e. The fourth-order valence-corrected chi connectivity index (χ4v) is 1.79. The van der Waals surface area contributed by atoms with Crippen molar-refractivity contribution in [2.45, 2.75) is 6.42 Å². The summed E-state index contributed by atoms with van der Waals surface area (Å²) in [4.78, 5) is 4.76. The van der Waals surface area contributed by atoms with Gasteiger partial charge in [-0.3, -0.25) is 0 Å². The van der Waals surface area contributed by atoms with Gasteiger partial charge in [-0.2, -0.15) is 0 Å². The first-order chi connectivity index (χ1) is 7.22. The van der Waals surface area contributed by atoms with E-state index in [4.69, 9.17) is 32.8 Å².